The van der Waals surface area contributed by atoms with Crippen LogP contribution in [0.25, 0.3) is 11.5 Å². The van der Waals surface area contributed by atoms with E-state index in [1.807, 2.05) is 0 Å². The van der Waals surface area contributed by atoms with Crippen molar-refractivity contribution in [1.29, 1.82) is 0 Å². The lowest BCUT2D eigenvalue weighted by molar-refractivity contribution is -0.120. The van der Waals surface area contributed by atoms with Crippen LogP contribution in [0.5, 0.6) is 0 Å². The van der Waals surface area contributed by atoms with E-state index in [1.165, 1.54) is 12.1 Å². The molecule has 0 aliphatic carbocycles. The Morgan fingerprint density at radius 1 is 1.30 bits per heavy atom. The summed E-state index contributed by atoms with van der Waals surface area (Å²) in [5.41, 5.74) is 5.42. The van der Waals surface area contributed by atoms with Crippen LogP contribution >= 0.6 is 0 Å². The van der Waals surface area contributed by atoms with Gasteiger partial charge in [-0.15, -0.1) is 0 Å². The first-order valence-corrected chi connectivity index (χ1v) is 7.13. The third-order valence-electron chi connectivity index (χ3n) is 3.38. The zero-order chi connectivity index (χ0) is 17.1. The van der Waals surface area contributed by atoms with Gasteiger partial charge in [-0.1, -0.05) is 26.0 Å². The van der Waals surface area contributed by atoms with Gasteiger partial charge in [-0.25, -0.2) is 9.37 Å². The molecule has 7 heteroatoms. The summed E-state index contributed by atoms with van der Waals surface area (Å²) >= 11 is 0. The van der Waals surface area contributed by atoms with Gasteiger partial charge in [0.15, 0.2) is 5.69 Å². The molecule has 6 nitrogen and oxygen atoms in total. The summed E-state index contributed by atoms with van der Waals surface area (Å²) < 4.78 is 19.2. The number of hydrogen-bond acceptors (Lipinski definition) is 4. The van der Waals surface area contributed by atoms with Crippen molar-refractivity contribution in [3.63, 3.8) is 0 Å². The van der Waals surface area contributed by atoms with Crippen molar-refractivity contribution >= 4 is 11.8 Å². The minimum Gasteiger partial charge on any atom is -0.440 e. The summed E-state index contributed by atoms with van der Waals surface area (Å²) in [6, 6.07) is 5.14. The largest absolute Gasteiger partial charge is 0.440 e. The van der Waals surface area contributed by atoms with Crippen LogP contribution in [0.1, 0.15) is 30.1 Å². The minimum atomic E-state index is -0.824. The Morgan fingerprint density at radius 2 is 1.96 bits per heavy atom. The van der Waals surface area contributed by atoms with E-state index in [-0.39, 0.29) is 28.8 Å². The normalized spacial score (nSPS) is 12.2. The maximum Gasteiger partial charge on any atom is 0.274 e. The third-order valence-corrected chi connectivity index (χ3v) is 3.38. The Bertz CT molecular complexity index is 740. The number of benzene rings is 1. The highest BCUT2D eigenvalue weighted by molar-refractivity contribution is 5.97. The van der Waals surface area contributed by atoms with Crippen LogP contribution in [-0.2, 0) is 4.79 Å². The minimum absolute atomic E-state index is 0.00449. The zero-order valence-electron chi connectivity index (χ0n) is 13.1. The summed E-state index contributed by atoms with van der Waals surface area (Å²) in [7, 11) is 0. The molecule has 0 saturated heterocycles. The lowest BCUT2D eigenvalue weighted by atomic mass is 10.0. The monoisotopic (exact) mass is 319 g/mol. The maximum absolute atomic E-state index is 13.8. The number of carbonyl (C=O) groups is 2. The number of nitrogens with two attached hydrogens (primary N) is 1. The summed E-state index contributed by atoms with van der Waals surface area (Å²) in [6.07, 6.45) is 0. The average Bonchev–Trinajstić information content (AvgIpc) is 2.86. The van der Waals surface area contributed by atoms with E-state index >= 15 is 0 Å². The van der Waals surface area contributed by atoms with Crippen LogP contribution < -0.4 is 11.1 Å². The van der Waals surface area contributed by atoms with Crippen LogP contribution in [0.15, 0.2) is 28.7 Å². The van der Waals surface area contributed by atoms with Gasteiger partial charge in [-0.05, 0) is 25.0 Å². The fraction of sp³-hybridized carbons (Fsp3) is 0.312. The Morgan fingerprint density at radius 3 is 2.52 bits per heavy atom. The first kappa shape index (κ1) is 16.7. The van der Waals surface area contributed by atoms with Gasteiger partial charge in [0.05, 0.1) is 5.56 Å². The van der Waals surface area contributed by atoms with Crippen LogP contribution in [-0.4, -0.2) is 22.8 Å². The van der Waals surface area contributed by atoms with Gasteiger partial charge in [-0.3, -0.25) is 9.59 Å². The molecule has 2 rings (SSSR count). The average molecular weight is 319 g/mol. The molecule has 0 bridgehead atoms. The van der Waals surface area contributed by atoms with Gasteiger partial charge in [0, 0.05) is 0 Å². The quantitative estimate of drug-likeness (QED) is 0.881. The predicted octanol–water partition coefficient (Wildman–Crippen LogP) is 2.03. The molecule has 0 radical (unpaired) electrons. The fourth-order valence-corrected chi connectivity index (χ4v) is 2.13. The Kier molecular flexibility index (Phi) is 4.78. The van der Waals surface area contributed by atoms with Crippen LogP contribution in [0.2, 0.25) is 0 Å². The van der Waals surface area contributed by atoms with Crippen molar-refractivity contribution in [3.8, 4) is 11.5 Å². The van der Waals surface area contributed by atoms with Gasteiger partial charge in [0.2, 0.25) is 11.8 Å². The van der Waals surface area contributed by atoms with Crippen LogP contribution in [0.4, 0.5) is 4.39 Å². The molecule has 2 amide bonds. The van der Waals surface area contributed by atoms with Crippen LogP contribution in [0.3, 0.4) is 0 Å². The van der Waals surface area contributed by atoms with Crippen molar-refractivity contribution < 1.29 is 18.4 Å². The molecule has 1 aromatic heterocycles. The van der Waals surface area contributed by atoms with Gasteiger partial charge in [0.25, 0.3) is 5.91 Å². The standard InChI is InChI=1S/C16H18FN3O3/c1-8(2)12(14(18)21)19-15(22)13-9(3)23-16(20-13)10-6-4-5-7-11(10)17/h4-8,12H,1-3H3,(H2,18,21)(H,19,22)/t12-/m0/s1. The summed E-state index contributed by atoms with van der Waals surface area (Å²) in [5, 5.41) is 2.52. The molecule has 122 valence electrons. The van der Waals surface area contributed by atoms with E-state index in [9.17, 15) is 14.0 Å². The maximum atomic E-state index is 13.8. The molecule has 0 spiro atoms. The zero-order valence-corrected chi connectivity index (χ0v) is 13.1. The molecule has 0 unspecified atom stereocenters. The van der Waals surface area contributed by atoms with E-state index in [2.05, 4.69) is 10.3 Å². The molecule has 3 N–H and O–H groups in total. The van der Waals surface area contributed by atoms with E-state index in [0.29, 0.717) is 0 Å². The lowest BCUT2D eigenvalue weighted by Gasteiger charge is -2.18. The molecule has 1 heterocycles. The molecular formula is C16H18FN3O3. The lowest BCUT2D eigenvalue weighted by Crippen LogP contribution is -2.47. The number of aryl methyl sites for hydroxylation is 1. The molecule has 1 aromatic carbocycles. The molecule has 23 heavy (non-hydrogen) atoms. The number of nitrogens with zero attached hydrogens (tertiary/aromatic N) is 1. The van der Waals surface area contributed by atoms with Gasteiger partial charge in [-0.2, -0.15) is 0 Å². The van der Waals surface area contributed by atoms with E-state index in [0.717, 1.165) is 0 Å². The Labute approximate surface area is 132 Å². The summed E-state index contributed by atoms with van der Waals surface area (Å²) in [4.78, 5) is 27.7. The van der Waals surface area contributed by atoms with Crippen molar-refractivity contribution in [2.75, 3.05) is 0 Å². The first-order chi connectivity index (χ1) is 10.8. The molecule has 0 aliphatic rings. The topological polar surface area (TPSA) is 98.2 Å². The fourth-order valence-electron chi connectivity index (χ4n) is 2.13. The summed E-state index contributed by atoms with van der Waals surface area (Å²) in [5.74, 6) is -1.67. The highest BCUT2D eigenvalue weighted by Crippen LogP contribution is 2.24. The molecule has 0 aliphatic heterocycles. The van der Waals surface area contributed by atoms with Crippen molar-refractivity contribution in [3.05, 3.63) is 41.5 Å². The second-order valence-corrected chi connectivity index (χ2v) is 5.50. The van der Waals surface area contributed by atoms with Crippen LogP contribution in [0, 0.1) is 18.7 Å². The van der Waals surface area contributed by atoms with E-state index in [1.54, 1.807) is 32.9 Å². The summed E-state index contributed by atoms with van der Waals surface area (Å²) in [6.45, 7) is 5.06. The highest BCUT2D eigenvalue weighted by Gasteiger charge is 2.26. The molecule has 1 atom stereocenters. The van der Waals surface area contributed by atoms with Gasteiger partial charge in [0.1, 0.15) is 17.6 Å². The van der Waals surface area contributed by atoms with Crippen molar-refractivity contribution in [2.24, 2.45) is 11.7 Å². The smallest absolute Gasteiger partial charge is 0.274 e. The number of nitrogens with one attached hydrogen (secondary N) is 1. The molecular weight excluding hydrogens is 301 g/mol. The highest BCUT2D eigenvalue weighted by atomic mass is 19.1. The number of oxazole rings is 1. The number of carbonyl (C=O) groups excluding carboxylic acids is 2. The molecule has 2 aromatic rings. The number of hydrogen-bond donors (Lipinski definition) is 2. The number of primary amides is 1. The molecule has 0 saturated carbocycles. The Hall–Kier alpha value is -2.70. The predicted molar refractivity (Wildman–Crippen MR) is 81.9 cm³/mol. The molecule has 0 fully saturated rings. The van der Waals surface area contributed by atoms with Gasteiger partial charge < -0.3 is 15.5 Å². The first-order valence-electron chi connectivity index (χ1n) is 7.13. The number of rotatable bonds is 5. The van der Waals surface area contributed by atoms with E-state index < -0.39 is 23.7 Å². The van der Waals surface area contributed by atoms with E-state index in [4.69, 9.17) is 10.2 Å². The van der Waals surface area contributed by atoms with Crippen molar-refractivity contribution in [1.82, 2.24) is 10.3 Å². The second kappa shape index (κ2) is 6.60. The van der Waals surface area contributed by atoms with Gasteiger partial charge >= 0.3 is 0 Å². The number of aromatic nitrogens is 1. The SMILES string of the molecule is Cc1oc(-c2ccccc2F)nc1C(=O)N[C@H](C(N)=O)C(C)C. The Balaban J connectivity index is 2.29. The second-order valence-electron chi connectivity index (χ2n) is 5.50. The third kappa shape index (κ3) is 3.56. The van der Waals surface area contributed by atoms with Crippen molar-refractivity contribution in [2.45, 2.75) is 26.8 Å². The number of amides is 2. The number of halogens is 1.